The molecule has 3 nitrogen and oxygen atoms in total. The van der Waals surface area contributed by atoms with Crippen LogP contribution < -0.4 is 0 Å². The van der Waals surface area contributed by atoms with Crippen molar-refractivity contribution in [2.24, 2.45) is 5.92 Å². The molecule has 2 rings (SSSR count). The summed E-state index contributed by atoms with van der Waals surface area (Å²) in [6.07, 6.45) is -2.89. The molecule has 1 saturated heterocycles. The fraction of sp³-hybridized carbons (Fsp3) is 0.500. The van der Waals surface area contributed by atoms with Crippen LogP contribution in [0, 0.1) is 5.92 Å². The van der Waals surface area contributed by atoms with Crippen LogP contribution in [0.5, 0.6) is 0 Å². The van der Waals surface area contributed by atoms with Crippen LogP contribution in [-0.2, 0) is 0 Å². The van der Waals surface area contributed by atoms with Gasteiger partial charge in [0.1, 0.15) is 5.15 Å². The van der Waals surface area contributed by atoms with E-state index in [-0.39, 0.29) is 42.6 Å². The lowest BCUT2D eigenvalue weighted by molar-refractivity contribution is -0.183. The summed E-state index contributed by atoms with van der Waals surface area (Å²) in [5.74, 6) is -1.72. The maximum atomic E-state index is 12.6. The molecule has 0 bridgehead atoms. The minimum absolute atomic E-state index is 0.0520. The second-order valence-electron chi connectivity index (χ2n) is 4.60. The minimum atomic E-state index is -4.19. The highest BCUT2D eigenvalue weighted by Gasteiger charge is 2.41. The summed E-state index contributed by atoms with van der Waals surface area (Å²) in [6, 6.07) is 1.52. The Balaban J connectivity index is 2.07. The van der Waals surface area contributed by atoms with Gasteiger partial charge in [-0.3, -0.25) is 4.79 Å². The lowest BCUT2D eigenvalue weighted by Crippen LogP contribution is -2.42. The summed E-state index contributed by atoms with van der Waals surface area (Å²) < 4.78 is 38.3. The van der Waals surface area contributed by atoms with Crippen LogP contribution in [-0.4, -0.2) is 35.1 Å². The number of carbonyl (C=O) groups is 1. The first kappa shape index (κ1) is 15.6. The SMILES string of the molecule is O=C(c1cc(Br)cnc1Cl)N1CCC(C(F)(F)F)CC1. The molecule has 0 spiro atoms. The van der Waals surface area contributed by atoms with E-state index in [4.69, 9.17) is 11.6 Å². The van der Waals surface area contributed by atoms with Crippen molar-refractivity contribution in [2.45, 2.75) is 19.0 Å². The maximum Gasteiger partial charge on any atom is 0.391 e. The van der Waals surface area contributed by atoms with Gasteiger partial charge in [0, 0.05) is 23.8 Å². The lowest BCUT2D eigenvalue weighted by atomic mass is 9.96. The molecule has 1 amide bonds. The van der Waals surface area contributed by atoms with Gasteiger partial charge in [0.2, 0.25) is 0 Å². The van der Waals surface area contributed by atoms with Crippen molar-refractivity contribution in [2.75, 3.05) is 13.1 Å². The van der Waals surface area contributed by atoms with E-state index >= 15 is 0 Å². The van der Waals surface area contributed by atoms with E-state index in [1.54, 1.807) is 0 Å². The Morgan fingerprint density at radius 2 is 2.00 bits per heavy atom. The van der Waals surface area contributed by atoms with Gasteiger partial charge in [-0.1, -0.05) is 11.6 Å². The van der Waals surface area contributed by atoms with Crippen molar-refractivity contribution in [3.05, 3.63) is 27.5 Å². The number of nitrogens with zero attached hydrogens (tertiary/aromatic N) is 2. The third-order valence-corrected chi connectivity index (χ3v) is 4.02. The van der Waals surface area contributed by atoms with Gasteiger partial charge in [0.05, 0.1) is 11.5 Å². The Morgan fingerprint density at radius 1 is 1.40 bits per heavy atom. The number of halogens is 5. The Bertz CT molecular complexity index is 516. The summed E-state index contributed by atoms with van der Waals surface area (Å²) in [7, 11) is 0. The van der Waals surface area contributed by atoms with Crippen LogP contribution in [0.25, 0.3) is 0 Å². The molecular weight excluding hydrogens is 360 g/mol. The summed E-state index contributed by atoms with van der Waals surface area (Å²) in [6.45, 7) is 0.151. The number of rotatable bonds is 1. The van der Waals surface area contributed by atoms with Crippen molar-refractivity contribution in [1.29, 1.82) is 0 Å². The van der Waals surface area contributed by atoms with E-state index in [9.17, 15) is 18.0 Å². The molecule has 110 valence electrons. The highest BCUT2D eigenvalue weighted by Crippen LogP contribution is 2.34. The number of likely N-dealkylation sites (tertiary alicyclic amines) is 1. The van der Waals surface area contributed by atoms with E-state index in [2.05, 4.69) is 20.9 Å². The normalized spacial score (nSPS) is 17.4. The van der Waals surface area contributed by atoms with Gasteiger partial charge < -0.3 is 4.90 Å². The highest BCUT2D eigenvalue weighted by molar-refractivity contribution is 9.10. The third-order valence-electron chi connectivity index (χ3n) is 3.28. The Labute approximate surface area is 127 Å². The molecule has 8 heteroatoms. The van der Waals surface area contributed by atoms with Gasteiger partial charge in [-0.2, -0.15) is 13.2 Å². The predicted molar refractivity (Wildman–Crippen MR) is 71.6 cm³/mol. The van der Waals surface area contributed by atoms with E-state index < -0.39 is 12.1 Å². The molecule has 0 N–H and O–H groups in total. The summed E-state index contributed by atoms with van der Waals surface area (Å²) in [4.78, 5) is 17.5. The number of amides is 1. The standard InChI is InChI=1S/C12H11BrClF3N2O/c13-8-5-9(10(14)18-6-8)11(20)19-3-1-7(2-4-19)12(15,16)17/h5-7H,1-4H2. The maximum absolute atomic E-state index is 12.6. The summed E-state index contributed by atoms with van der Waals surface area (Å²) >= 11 is 9.04. The predicted octanol–water partition coefficient (Wildman–Crippen LogP) is 3.91. The van der Waals surface area contributed by atoms with Crippen molar-refractivity contribution >= 4 is 33.4 Å². The third kappa shape index (κ3) is 3.44. The van der Waals surface area contributed by atoms with Crippen LogP contribution in [0.2, 0.25) is 5.15 Å². The largest absolute Gasteiger partial charge is 0.391 e. The Kier molecular flexibility index (Phi) is 4.59. The monoisotopic (exact) mass is 370 g/mol. The second kappa shape index (κ2) is 5.89. The number of alkyl halides is 3. The van der Waals surface area contributed by atoms with Gasteiger partial charge in [0.15, 0.2) is 0 Å². The fourth-order valence-electron chi connectivity index (χ4n) is 2.15. The van der Waals surface area contributed by atoms with Crippen LogP contribution in [0.4, 0.5) is 13.2 Å². The average Bonchev–Trinajstić information content (AvgIpc) is 2.40. The molecule has 20 heavy (non-hydrogen) atoms. The fourth-order valence-corrected chi connectivity index (χ4v) is 2.67. The van der Waals surface area contributed by atoms with Gasteiger partial charge >= 0.3 is 6.18 Å². The molecular formula is C12H11BrClF3N2O. The van der Waals surface area contributed by atoms with Crippen molar-refractivity contribution < 1.29 is 18.0 Å². The van der Waals surface area contributed by atoms with Crippen LogP contribution in [0.15, 0.2) is 16.7 Å². The quantitative estimate of drug-likeness (QED) is 0.701. The smallest absolute Gasteiger partial charge is 0.339 e. The average molecular weight is 372 g/mol. The number of piperidine rings is 1. The van der Waals surface area contributed by atoms with Crippen LogP contribution in [0.1, 0.15) is 23.2 Å². The first-order chi connectivity index (χ1) is 9.29. The molecule has 1 aliphatic heterocycles. The topological polar surface area (TPSA) is 33.2 Å². The second-order valence-corrected chi connectivity index (χ2v) is 5.87. The first-order valence-corrected chi connectivity index (χ1v) is 7.13. The molecule has 0 atom stereocenters. The number of carbonyl (C=O) groups excluding carboxylic acids is 1. The van der Waals surface area contributed by atoms with Gasteiger partial charge in [-0.15, -0.1) is 0 Å². The van der Waals surface area contributed by atoms with E-state index in [0.717, 1.165) is 0 Å². The van der Waals surface area contributed by atoms with Gasteiger partial charge in [-0.05, 0) is 34.8 Å². The zero-order valence-electron chi connectivity index (χ0n) is 10.3. The van der Waals surface area contributed by atoms with E-state index in [1.807, 2.05) is 0 Å². The zero-order valence-corrected chi connectivity index (χ0v) is 12.6. The number of aromatic nitrogens is 1. The lowest BCUT2D eigenvalue weighted by Gasteiger charge is -2.33. The van der Waals surface area contributed by atoms with Crippen molar-refractivity contribution in [1.82, 2.24) is 9.88 Å². The summed E-state index contributed by atoms with van der Waals surface area (Å²) in [5, 5.41) is 0.0520. The van der Waals surface area contributed by atoms with Crippen molar-refractivity contribution in [3.63, 3.8) is 0 Å². The summed E-state index contributed by atoms with van der Waals surface area (Å²) in [5.41, 5.74) is 0.200. The molecule has 0 unspecified atom stereocenters. The highest BCUT2D eigenvalue weighted by atomic mass is 79.9. The zero-order chi connectivity index (χ0) is 14.9. The molecule has 0 aromatic carbocycles. The molecule has 0 saturated carbocycles. The molecule has 0 radical (unpaired) electrons. The van der Waals surface area contributed by atoms with E-state index in [1.165, 1.54) is 17.2 Å². The molecule has 0 aliphatic carbocycles. The molecule has 1 fully saturated rings. The minimum Gasteiger partial charge on any atom is -0.339 e. The molecule has 2 heterocycles. The van der Waals surface area contributed by atoms with Gasteiger partial charge in [-0.25, -0.2) is 4.98 Å². The van der Waals surface area contributed by atoms with Crippen LogP contribution in [0.3, 0.4) is 0 Å². The first-order valence-electron chi connectivity index (χ1n) is 5.96. The Morgan fingerprint density at radius 3 is 2.55 bits per heavy atom. The van der Waals surface area contributed by atoms with Crippen molar-refractivity contribution in [3.8, 4) is 0 Å². The molecule has 1 aliphatic rings. The van der Waals surface area contributed by atoms with Crippen LogP contribution >= 0.6 is 27.5 Å². The Hall–Kier alpha value is -0.820. The van der Waals surface area contributed by atoms with E-state index in [0.29, 0.717) is 4.47 Å². The molecule has 1 aromatic heterocycles. The number of pyridine rings is 1. The number of hydrogen-bond acceptors (Lipinski definition) is 2. The molecule has 1 aromatic rings. The van der Waals surface area contributed by atoms with Gasteiger partial charge in [0.25, 0.3) is 5.91 Å². The number of hydrogen-bond donors (Lipinski definition) is 0.